The molecule has 51 heavy (non-hydrogen) atoms. The molecule has 8 aromatic carbocycles. The molecule has 1 aliphatic carbocycles. The Hall–Kier alpha value is -5.96. The van der Waals surface area contributed by atoms with Gasteiger partial charge in [-0.1, -0.05) is 147 Å². The summed E-state index contributed by atoms with van der Waals surface area (Å²) in [7, 11) is 0. The Morgan fingerprint density at radius 1 is 0.451 bits per heavy atom. The fraction of sp³-hybridized carbons (Fsp3) is 0.0612. The Morgan fingerprint density at radius 3 is 2.02 bits per heavy atom. The topological polar surface area (TPSA) is 3.24 Å². The van der Waals surface area contributed by atoms with E-state index >= 15 is 0 Å². The Kier molecular flexibility index (Phi) is 6.78. The maximum atomic E-state index is 2.45. The molecule has 0 fully saturated rings. The van der Waals surface area contributed by atoms with E-state index in [1.807, 2.05) is 11.3 Å². The third-order valence-electron chi connectivity index (χ3n) is 10.8. The van der Waals surface area contributed by atoms with E-state index in [0.717, 1.165) is 11.4 Å². The van der Waals surface area contributed by atoms with E-state index in [1.54, 1.807) is 0 Å². The van der Waals surface area contributed by atoms with E-state index in [1.165, 1.54) is 81.1 Å². The maximum Gasteiger partial charge on any atom is 0.0640 e. The predicted octanol–water partition coefficient (Wildman–Crippen LogP) is 14.3. The molecule has 0 unspecified atom stereocenters. The Labute approximate surface area is 302 Å². The molecule has 0 bridgehead atoms. The highest BCUT2D eigenvalue weighted by molar-refractivity contribution is 7.26. The summed E-state index contributed by atoms with van der Waals surface area (Å²) in [5.41, 5.74) is 13.8. The Morgan fingerprint density at radius 2 is 1.12 bits per heavy atom. The van der Waals surface area contributed by atoms with Crippen LogP contribution in [0, 0.1) is 0 Å². The molecule has 242 valence electrons. The molecule has 0 N–H and O–H groups in total. The van der Waals surface area contributed by atoms with Crippen LogP contribution in [0.25, 0.3) is 64.3 Å². The second-order valence-electron chi connectivity index (χ2n) is 14.1. The van der Waals surface area contributed by atoms with Crippen molar-refractivity contribution in [1.29, 1.82) is 0 Å². The second-order valence-corrected chi connectivity index (χ2v) is 15.2. The highest BCUT2D eigenvalue weighted by Crippen LogP contribution is 2.52. The third-order valence-corrected chi connectivity index (χ3v) is 12.0. The summed E-state index contributed by atoms with van der Waals surface area (Å²) >= 11 is 1.87. The first-order valence-electron chi connectivity index (χ1n) is 17.7. The van der Waals surface area contributed by atoms with Crippen molar-refractivity contribution in [2.24, 2.45) is 0 Å². The molecule has 1 aliphatic rings. The van der Waals surface area contributed by atoms with Gasteiger partial charge < -0.3 is 4.90 Å². The summed E-state index contributed by atoms with van der Waals surface area (Å²) in [6.45, 7) is 4.73. The molecule has 0 saturated carbocycles. The quantitative estimate of drug-likeness (QED) is 0.176. The van der Waals surface area contributed by atoms with Gasteiger partial charge in [0.15, 0.2) is 0 Å². The van der Waals surface area contributed by atoms with Gasteiger partial charge in [0.1, 0.15) is 0 Å². The number of hydrogen-bond donors (Lipinski definition) is 0. The summed E-state index contributed by atoms with van der Waals surface area (Å²) in [5, 5.41) is 5.11. The van der Waals surface area contributed by atoms with Crippen LogP contribution >= 0.6 is 11.3 Å². The minimum atomic E-state index is -0.0761. The fourth-order valence-corrected chi connectivity index (χ4v) is 9.61. The van der Waals surface area contributed by atoms with Crippen LogP contribution in [-0.2, 0) is 5.41 Å². The zero-order chi connectivity index (χ0) is 34.1. The predicted molar refractivity (Wildman–Crippen MR) is 220 cm³/mol. The first-order chi connectivity index (χ1) is 25.0. The molecular formula is C49H35NS. The second kappa shape index (κ2) is 11.6. The molecule has 2 heteroatoms. The van der Waals surface area contributed by atoms with Crippen molar-refractivity contribution in [3.63, 3.8) is 0 Å². The van der Waals surface area contributed by atoms with E-state index in [9.17, 15) is 0 Å². The van der Waals surface area contributed by atoms with Gasteiger partial charge in [-0.15, -0.1) is 11.3 Å². The molecule has 1 heterocycles. The summed E-state index contributed by atoms with van der Waals surface area (Å²) in [6, 6.07) is 64.8. The molecule has 0 amide bonds. The number of rotatable bonds is 5. The maximum absolute atomic E-state index is 2.45. The Bertz CT molecular complexity index is 2780. The zero-order valence-corrected chi connectivity index (χ0v) is 29.4. The highest BCUT2D eigenvalue weighted by Gasteiger charge is 2.37. The van der Waals surface area contributed by atoms with Crippen molar-refractivity contribution in [1.82, 2.24) is 0 Å². The molecule has 10 rings (SSSR count). The lowest BCUT2D eigenvalue weighted by Crippen LogP contribution is -2.16. The van der Waals surface area contributed by atoms with Crippen molar-refractivity contribution < 1.29 is 0 Å². The van der Waals surface area contributed by atoms with Gasteiger partial charge in [0, 0.05) is 32.3 Å². The van der Waals surface area contributed by atoms with Crippen molar-refractivity contribution in [2.75, 3.05) is 4.90 Å². The lowest BCUT2D eigenvalue weighted by Gasteiger charge is -2.27. The third kappa shape index (κ3) is 4.75. The van der Waals surface area contributed by atoms with Crippen LogP contribution in [0.1, 0.15) is 25.0 Å². The number of nitrogens with zero attached hydrogens (tertiary/aromatic N) is 1. The van der Waals surface area contributed by atoms with Crippen LogP contribution in [0.15, 0.2) is 176 Å². The number of benzene rings is 8. The highest BCUT2D eigenvalue weighted by atomic mass is 32.1. The molecule has 1 nitrogen and oxygen atoms in total. The minimum Gasteiger partial charge on any atom is -0.309 e. The van der Waals surface area contributed by atoms with Crippen LogP contribution in [-0.4, -0.2) is 0 Å². The van der Waals surface area contributed by atoms with Crippen LogP contribution in [0.2, 0.25) is 0 Å². The summed E-state index contributed by atoms with van der Waals surface area (Å²) in [6.07, 6.45) is 0. The fourth-order valence-electron chi connectivity index (χ4n) is 8.41. The molecule has 9 aromatic rings. The van der Waals surface area contributed by atoms with Gasteiger partial charge in [-0.2, -0.15) is 0 Å². The minimum absolute atomic E-state index is 0.0761. The normalized spacial score (nSPS) is 13.1. The van der Waals surface area contributed by atoms with Crippen molar-refractivity contribution in [2.45, 2.75) is 19.3 Å². The van der Waals surface area contributed by atoms with Gasteiger partial charge in [-0.25, -0.2) is 0 Å². The van der Waals surface area contributed by atoms with E-state index in [2.05, 4.69) is 195 Å². The lowest BCUT2D eigenvalue weighted by molar-refractivity contribution is 0.662. The van der Waals surface area contributed by atoms with Gasteiger partial charge in [-0.05, 0) is 97.7 Å². The van der Waals surface area contributed by atoms with E-state index in [0.29, 0.717) is 0 Å². The smallest absolute Gasteiger partial charge is 0.0640 e. The average molecular weight is 670 g/mol. The van der Waals surface area contributed by atoms with Gasteiger partial charge in [0.2, 0.25) is 0 Å². The van der Waals surface area contributed by atoms with Gasteiger partial charge >= 0.3 is 0 Å². The van der Waals surface area contributed by atoms with Gasteiger partial charge in [0.25, 0.3) is 0 Å². The van der Waals surface area contributed by atoms with Gasteiger partial charge in [0.05, 0.1) is 10.4 Å². The number of anilines is 3. The SMILES string of the molecule is CC1(C)c2ccccc2-c2cccc(-c3ccc(N(c4cccc(-c5ccc6ccccc6c5)c4)c4cccc5c4sc4ccccc45)cc3)c21. The Balaban J connectivity index is 1.13. The molecule has 0 radical (unpaired) electrons. The van der Waals surface area contributed by atoms with Crippen LogP contribution < -0.4 is 4.90 Å². The first-order valence-corrected chi connectivity index (χ1v) is 18.5. The van der Waals surface area contributed by atoms with Crippen LogP contribution in [0.4, 0.5) is 17.1 Å². The van der Waals surface area contributed by atoms with E-state index < -0.39 is 0 Å². The molecule has 0 saturated heterocycles. The largest absolute Gasteiger partial charge is 0.309 e. The van der Waals surface area contributed by atoms with Crippen molar-refractivity contribution in [3.8, 4) is 33.4 Å². The van der Waals surface area contributed by atoms with Crippen molar-refractivity contribution in [3.05, 3.63) is 187 Å². The molecular weight excluding hydrogens is 635 g/mol. The number of hydrogen-bond acceptors (Lipinski definition) is 2. The first kappa shape index (κ1) is 29.9. The van der Waals surface area contributed by atoms with Gasteiger partial charge in [-0.3, -0.25) is 0 Å². The molecule has 0 spiro atoms. The average Bonchev–Trinajstić information content (AvgIpc) is 3.68. The van der Waals surface area contributed by atoms with Crippen molar-refractivity contribution >= 4 is 59.3 Å². The summed E-state index contributed by atoms with van der Waals surface area (Å²) in [4.78, 5) is 2.45. The summed E-state index contributed by atoms with van der Waals surface area (Å²) < 4.78 is 2.60. The van der Waals surface area contributed by atoms with E-state index in [-0.39, 0.29) is 5.41 Å². The molecule has 1 aromatic heterocycles. The number of thiophene rings is 1. The monoisotopic (exact) mass is 669 g/mol. The zero-order valence-electron chi connectivity index (χ0n) is 28.6. The van der Waals surface area contributed by atoms with E-state index in [4.69, 9.17) is 0 Å². The van der Waals surface area contributed by atoms with Crippen LogP contribution in [0.3, 0.4) is 0 Å². The molecule has 0 aliphatic heterocycles. The van der Waals surface area contributed by atoms with Crippen LogP contribution in [0.5, 0.6) is 0 Å². The lowest BCUT2D eigenvalue weighted by atomic mass is 9.79. The number of fused-ring (bicyclic) bond motifs is 7. The summed E-state index contributed by atoms with van der Waals surface area (Å²) in [5.74, 6) is 0. The molecule has 0 atom stereocenters. The standard InChI is InChI=1S/C49H35NS/c1-49(2)44-21-7-5-16-40(44)42-19-10-18-39(47(42)49)33-26-28-37(29-27-33)50(45-22-11-20-43-41-17-6-8-23-46(41)51-48(43)45)38-15-9-14-35(31-38)36-25-24-32-12-3-4-13-34(32)30-36/h3-31H,1-2H3.